The highest BCUT2D eigenvalue weighted by Crippen LogP contribution is 2.28. The van der Waals surface area contributed by atoms with Gasteiger partial charge >= 0.3 is 0 Å². The molecule has 3 aromatic rings. The fourth-order valence-electron chi connectivity index (χ4n) is 4.23. The summed E-state index contributed by atoms with van der Waals surface area (Å²) in [5, 5.41) is 2.95. The molecule has 0 saturated carbocycles. The number of benzene rings is 3. The number of hydrogen-bond acceptors (Lipinski definition) is 4. The highest BCUT2D eigenvalue weighted by atomic mass is 32.2. The Hall–Kier alpha value is -3.65. The standard InChI is InChI=1S/C31H39N3O4S/c1-6-24(4)32-31(36)25(5)33(21-26-13-9-8-10-14-26)30(35)22-34(29-16-12-11-15-27(29)7-2)39(37,38)28-19-17-23(3)18-20-28/h8-20,24-25H,6-7,21-22H2,1-5H3,(H,32,36)/t24-,25+/m1/s1. The number of aryl methyl sites for hydroxylation is 2. The minimum Gasteiger partial charge on any atom is -0.352 e. The van der Waals surface area contributed by atoms with Crippen LogP contribution in [0.5, 0.6) is 0 Å². The van der Waals surface area contributed by atoms with Gasteiger partial charge in [-0.15, -0.1) is 0 Å². The van der Waals surface area contributed by atoms with E-state index >= 15 is 0 Å². The zero-order valence-electron chi connectivity index (χ0n) is 23.4. The number of amides is 2. The van der Waals surface area contributed by atoms with Crippen molar-refractivity contribution in [2.75, 3.05) is 10.8 Å². The quantitative estimate of drug-likeness (QED) is 0.341. The molecule has 7 nitrogen and oxygen atoms in total. The molecule has 0 heterocycles. The molecule has 0 aliphatic carbocycles. The van der Waals surface area contributed by atoms with E-state index in [9.17, 15) is 18.0 Å². The average Bonchev–Trinajstić information content (AvgIpc) is 2.94. The molecule has 208 valence electrons. The van der Waals surface area contributed by atoms with Crippen molar-refractivity contribution in [1.82, 2.24) is 10.2 Å². The Labute approximate surface area is 232 Å². The van der Waals surface area contributed by atoms with Crippen molar-refractivity contribution in [3.05, 3.63) is 95.6 Å². The van der Waals surface area contributed by atoms with Crippen LogP contribution in [0.4, 0.5) is 5.69 Å². The first-order valence-electron chi connectivity index (χ1n) is 13.4. The fraction of sp³-hybridized carbons (Fsp3) is 0.355. The average molecular weight is 550 g/mol. The lowest BCUT2D eigenvalue weighted by molar-refractivity contribution is -0.139. The zero-order chi connectivity index (χ0) is 28.6. The lowest BCUT2D eigenvalue weighted by Crippen LogP contribution is -2.52. The van der Waals surface area contributed by atoms with Crippen LogP contribution in [0.15, 0.2) is 83.8 Å². The van der Waals surface area contributed by atoms with Crippen molar-refractivity contribution in [2.24, 2.45) is 0 Å². The van der Waals surface area contributed by atoms with Crippen LogP contribution < -0.4 is 9.62 Å². The van der Waals surface area contributed by atoms with Gasteiger partial charge in [0.15, 0.2) is 0 Å². The van der Waals surface area contributed by atoms with E-state index in [4.69, 9.17) is 0 Å². The van der Waals surface area contributed by atoms with Gasteiger partial charge in [0.1, 0.15) is 12.6 Å². The molecule has 0 bridgehead atoms. The first-order valence-corrected chi connectivity index (χ1v) is 14.8. The molecule has 0 aromatic heterocycles. The first-order chi connectivity index (χ1) is 18.6. The Morgan fingerprint density at radius 2 is 1.49 bits per heavy atom. The van der Waals surface area contributed by atoms with Gasteiger partial charge in [0.2, 0.25) is 11.8 Å². The Morgan fingerprint density at radius 1 is 0.872 bits per heavy atom. The second kappa shape index (κ2) is 13.4. The van der Waals surface area contributed by atoms with Crippen LogP contribution in [-0.2, 0) is 32.6 Å². The minimum atomic E-state index is -4.09. The maximum atomic E-state index is 14.0. The first kappa shape index (κ1) is 29.9. The highest BCUT2D eigenvalue weighted by molar-refractivity contribution is 7.92. The SMILES string of the molecule is CCc1ccccc1N(CC(=O)N(Cc1ccccc1)[C@@H](C)C(=O)N[C@H](C)CC)S(=O)(=O)c1ccc(C)cc1. The van der Waals surface area contributed by atoms with E-state index in [0.717, 1.165) is 23.1 Å². The van der Waals surface area contributed by atoms with Crippen LogP contribution in [0, 0.1) is 6.92 Å². The summed E-state index contributed by atoms with van der Waals surface area (Å²) in [4.78, 5) is 28.7. The van der Waals surface area contributed by atoms with Crippen LogP contribution >= 0.6 is 0 Å². The van der Waals surface area contributed by atoms with Crippen LogP contribution in [-0.4, -0.2) is 43.8 Å². The van der Waals surface area contributed by atoms with Crippen molar-refractivity contribution in [1.29, 1.82) is 0 Å². The second-order valence-electron chi connectivity index (χ2n) is 9.81. The predicted octanol–water partition coefficient (Wildman–Crippen LogP) is 5.08. The van der Waals surface area contributed by atoms with E-state index in [1.54, 1.807) is 43.3 Å². The van der Waals surface area contributed by atoms with E-state index < -0.39 is 28.5 Å². The van der Waals surface area contributed by atoms with Gasteiger partial charge < -0.3 is 10.2 Å². The molecule has 0 aliphatic rings. The van der Waals surface area contributed by atoms with E-state index in [0.29, 0.717) is 12.1 Å². The molecule has 0 unspecified atom stereocenters. The van der Waals surface area contributed by atoms with Crippen LogP contribution in [0.1, 0.15) is 50.8 Å². The van der Waals surface area contributed by atoms with Crippen molar-refractivity contribution < 1.29 is 18.0 Å². The summed E-state index contributed by atoms with van der Waals surface area (Å²) in [6.45, 7) is 9.12. The van der Waals surface area contributed by atoms with Gasteiger partial charge in [-0.1, -0.05) is 80.1 Å². The third kappa shape index (κ3) is 7.47. The highest BCUT2D eigenvalue weighted by Gasteiger charge is 2.33. The number of para-hydroxylation sites is 1. The van der Waals surface area contributed by atoms with Crippen molar-refractivity contribution in [3.63, 3.8) is 0 Å². The van der Waals surface area contributed by atoms with Gasteiger partial charge in [-0.3, -0.25) is 13.9 Å². The molecule has 0 radical (unpaired) electrons. The number of sulfonamides is 1. The summed E-state index contributed by atoms with van der Waals surface area (Å²) in [6, 6.07) is 22.3. The van der Waals surface area contributed by atoms with Gasteiger partial charge in [0, 0.05) is 12.6 Å². The Bertz CT molecular complexity index is 1360. The number of hydrogen-bond donors (Lipinski definition) is 1. The summed E-state index contributed by atoms with van der Waals surface area (Å²) in [7, 11) is -4.09. The summed E-state index contributed by atoms with van der Waals surface area (Å²) < 4.78 is 29.2. The molecule has 2 atom stereocenters. The number of nitrogens with one attached hydrogen (secondary N) is 1. The molecule has 39 heavy (non-hydrogen) atoms. The molecule has 0 aliphatic heterocycles. The predicted molar refractivity (Wildman–Crippen MR) is 156 cm³/mol. The maximum absolute atomic E-state index is 14.0. The number of nitrogens with zero attached hydrogens (tertiary/aromatic N) is 2. The smallest absolute Gasteiger partial charge is 0.264 e. The Balaban J connectivity index is 2.05. The summed E-state index contributed by atoms with van der Waals surface area (Å²) in [6.07, 6.45) is 1.34. The molecule has 2 amide bonds. The third-order valence-corrected chi connectivity index (χ3v) is 8.67. The van der Waals surface area contributed by atoms with E-state index in [1.165, 1.54) is 9.21 Å². The fourth-order valence-corrected chi connectivity index (χ4v) is 5.68. The summed E-state index contributed by atoms with van der Waals surface area (Å²) in [5.74, 6) is -0.747. The normalized spacial score (nSPS) is 12.8. The van der Waals surface area contributed by atoms with Gasteiger partial charge in [-0.25, -0.2) is 8.42 Å². The number of rotatable bonds is 12. The molecular weight excluding hydrogens is 510 g/mol. The zero-order valence-corrected chi connectivity index (χ0v) is 24.2. The molecule has 0 saturated heterocycles. The van der Waals surface area contributed by atoms with Gasteiger partial charge in [0.05, 0.1) is 10.6 Å². The van der Waals surface area contributed by atoms with Crippen LogP contribution in [0.25, 0.3) is 0 Å². The van der Waals surface area contributed by atoms with E-state index in [-0.39, 0.29) is 23.4 Å². The summed E-state index contributed by atoms with van der Waals surface area (Å²) in [5.41, 5.74) is 3.03. The molecule has 0 spiro atoms. The monoisotopic (exact) mass is 549 g/mol. The maximum Gasteiger partial charge on any atom is 0.264 e. The molecule has 1 N–H and O–H groups in total. The Kier molecular flexibility index (Phi) is 10.3. The Morgan fingerprint density at radius 3 is 2.10 bits per heavy atom. The third-order valence-electron chi connectivity index (χ3n) is 6.89. The molecular formula is C31H39N3O4S. The molecule has 0 fully saturated rings. The number of carbonyl (C=O) groups excluding carboxylic acids is 2. The van der Waals surface area contributed by atoms with Gasteiger partial charge in [-0.2, -0.15) is 0 Å². The minimum absolute atomic E-state index is 0.0523. The van der Waals surface area contributed by atoms with Crippen LogP contribution in [0.3, 0.4) is 0 Å². The van der Waals surface area contributed by atoms with E-state index in [1.807, 2.05) is 70.2 Å². The molecule has 8 heteroatoms. The summed E-state index contributed by atoms with van der Waals surface area (Å²) >= 11 is 0. The topological polar surface area (TPSA) is 86.8 Å². The lowest BCUT2D eigenvalue weighted by atomic mass is 10.1. The lowest BCUT2D eigenvalue weighted by Gasteiger charge is -2.33. The van der Waals surface area contributed by atoms with Crippen LogP contribution in [0.2, 0.25) is 0 Å². The molecule has 3 aromatic carbocycles. The van der Waals surface area contributed by atoms with Crippen molar-refractivity contribution >= 4 is 27.5 Å². The number of carbonyl (C=O) groups is 2. The van der Waals surface area contributed by atoms with Crippen molar-refractivity contribution in [3.8, 4) is 0 Å². The second-order valence-corrected chi connectivity index (χ2v) is 11.7. The van der Waals surface area contributed by atoms with Gasteiger partial charge in [0.25, 0.3) is 10.0 Å². The van der Waals surface area contributed by atoms with E-state index in [2.05, 4.69) is 5.32 Å². The van der Waals surface area contributed by atoms with Crippen molar-refractivity contribution in [2.45, 2.75) is 71.0 Å². The van der Waals surface area contributed by atoms with Gasteiger partial charge in [-0.05, 0) is 62.9 Å². The number of anilines is 1. The largest absolute Gasteiger partial charge is 0.352 e. The molecule has 3 rings (SSSR count).